The lowest BCUT2D eigenvalue weighted by Gasteiger charge is -2.10. The Bertz CT molecular complexity index is 541. The van der Waals surface area contributed by atoms with E-state index in [9.17, 15) is 0 Å². The van der Waals surface area contributed by atoms with Crippen molar-refractivity contribution in [2.24, 2.45) is 0 Å². The monoisotopic (exact) mass is 243 g/mol. The second kappa shape index (κ2) is 5.36. The summed E-state index contributed by atoms with van der Waals surface area (Å²) in [5, 5.41) is 7.87. The van der Waals surface area contributed by atoms with E-state index in [0.717, 1.165) is 24.5 Å². The summed E-state index contributed by atoms with van der Waals surface area (Å²) < 4.78 is 2.00. The average molecular weight is 243 g/mol. The fourth-order valence-corrected chi connectivity index (χ4v) is 2.16. The van der Waals surface area contributed by atoms with Gasteiger partial charge in [0.25, 0.3) is 0 Å². The molecular formula is C15H21N3. The van der Waals surface area contributed by atoms with Crippen LogP contribution in [-0.2, 0) is 6.54 Å². The van der Waals surface area contributed by atoms with Crippen molar-refractivity contribution in [3.05, 3.63) is 46.8 Å². The molecule has 0 amide bonds. The van der Waals surface area contributed by atoms with Crippen molar-refractivity contribution in [1.29, 1.82) is 0 Å². The Balaban J connectivity index is 2.31. The van der Waals surface area contributed by atoms with E-state index in [1.165, 1.54) is 16.8 Å². The van der Waals surface area contributed by atoms with Crippen molar-refractivity contribution in [2.45, 2.75) is 34.2 Å². The van der Waals surface area contributed by atoms with Crippen LogP contribution in [-0.4, -0.2) is 16.3 Å². The molecule has 3 nitrogen and oxygen atoms in total. The van der Waals surface area contributed by atoms with Gasteiger partial charge >= 0.3 is 0 Å². The van der Waals surface area contributed by atoms with Gasteiger partial charge in [0, 0.05) is 12.2 Å². The van der Waals surface area contributed by atoms with Crippen molar-refractivity contribution in [1.82, 2.24) is 15.1 Å². The zero-order valence-electron chi connectivity index (χ0n) is 11.6. The molecule has 1 N–H and O–H groups in total. The van der Waals surface area contributed by atoms with E-state index in [-0.39, 0.29) is 0 Å². The molecule has 0 saturated carbocycles. The van der Waals surface area contributed by atoms with Crippen molar-refractivity contribution in [3.8, 4) is 5.69 Å². The summed E-state index contributed by atoms with van der Waals surface area (Å²) in [6, 6.07) is 8.62. The second-order valence-corrected chi connectivity index (χ2v) is 4.73. The molecule has 2 rings (SSSR count). The van der Waals surface area contributed by atoms with Crippen LogP contribution in [0.15, 0.2) is 24.3 Å². The number of benzene rings is 1. The van der Waals surface area contributed by atoms with Gasteiger partial charge in [-0.15, -0.1) is 0 Å². The lowest BCUT2D eigenvalue weighted by Crippen LogP contribution is -2.13. The number of rotatable bonds is 4. The van der Waals surface area contributed by atoms with Crippen LogP contribution in [0.5, 0.6) is 0 Å². The van der Waals surface area contributed by atoms with Gasteiger partial charge in [-0.25, -0.2) is 4.68 Å². The van der Waals surface area contributed by atoms with Gasteiger partial charge in [0.2, 0.25) is 0 Å². The van der Waals surface area contributed by atoms with Gasteiger partial charge in [-0.05, 0) is 56.6 Å². The summed E-state index contributed by atoms with van der Waals surface area (Å²) in [5.74, 6) is 0. The molecule has 0 radical (unpaired) electrons. The van der Waals surface area contributed by atoms with E-state index in [4.69, 9.17) is 0 Å². The van der Waals surface area contributed by atoms with Crippen LogP contribution < -0.4 is 5.32 Å². The van der Waals surface area contributed by atoms with Crippen molar-refractivity contribution >= 4 is 0 Å². The summed E-state index contributed by atoms with van der Waals surface area (Å²) in [6.07, 6.45) is 0. The van der Waals surface area contributed by atoms with Crippen LogP contribution in [0.1, 0.15) is 29.4 Å². The topological polar surface area (TPSA) is 29.9 Å². The van der Waals surface area contributed by atoms with E-state index < -0.39 is 0 Å². The molecule has 0 bridgehead atoms. The fraction of sp³-hybridized carbons (Fsp3) is 0.400. The second-order valence-electron chi connectivity index (χ2n) is 4.73. The Hall–Kier alpha value is -1.61. The maximum Gasteiger partial charge on any atom is 0.0651 e. The Morgan fingerprint density at radius 3 is 2.50 bits per heavy atom. The number of nitrogens with zero attached hydrogens (tertiary/aromatic N) is 2. The summed E-state index contributed by atoms with van der Waals surface area (Å²) in [4.78, 5) is 0. The number of aromatic nitrogens is 2. The van der Waals surface area contributed by atoms with Gasteiger partial charge in [0.1, 0.15) is 0 Å². The van der Waals surface area contributed by atoms with Gasteiger partial charge < -0.3 is 5.32 Å². The van der Waals surface area contributed by atoms with Gasteiger partial charge in [-0.1, -0.05) is 13.0 Å². The molecule has 1 aromatic carbocycles. The smallest absolute Gasteiger partial charge is 0.0651 e. The zero-order valence-corrected chi connectivity index (χ0v) is 11.6. The number of hydrogen-bond donors (Lipinski definition) is 1. The lowest BCUT2D eigenvalue weighted by molar-refractivity contribution is 0.722. The van der Waals surface area contributed by atoms with E-state index in [1.807, 2.05) is 11.6 Å². The number of aryl methyl sites for hydroxylation is 3. The molecule has 3 heteroatoms. The van der Waals surface area contributed by atoms with Gasteiger partial charge in [-0.2, -0.15) is 5.10 Å². The molecule has 96 valence electrons. The first-order chi connectivity index (χ1) is 8.61. The molecule has 0 spiro atoms. The lowest BCUT2D eigenvalue weighted by atomic mass is 10.1. The highest BCUT2D eigenvalue weighted by atomic mass is 15.3. The summed E-state index contributed by atoms with van der Waals surface area (Å²) in [7, 11) is 0. The Labute approximate surface area is 109 Å². The van der Waals surface area contributed by atoms with Crippen LogP contribution in [0.4, 0.5) is 0 Å². The van der Waals surface area contributed by atoms with E-state index >= 15 is 0 Å². The Kier molecular flexibility index (Phi) is 3.82. The van der Waals surface area contributed by atoms with Gasteiger partial charge in [-0.3, -0.25) is 0 Å². The van der Waals surface area contributed by atoms with Gasteiger partial charge in [0.05, 0.1) is 11.4 Å². The van der Waals surface area contributed by atoms with Crippen LogP contribution in [0, 0.1) is 20.8 Å². The van der Waals surface area contributed by atoms with E-state index in [0.29, 0.717) is 0 Å². The molecule has 0 saturated heterocycles. The van der Waals surface area contributed by atoms with E-state index in [1.54, 1.807) is 0 Å². The Morgan fingerprint density at radius 2 is 1.94 bits per heavy atom. The minimum Gasteiger partial charge on any atom is -0.313 e. The molecular weight excluding hydrogens is 222 g/mol. The predicted molar refractivity (Wildman–Crippen MR) is 75.2 cm³/mol. The van der Waals surface area contributed by atoms with Crippen LogP contribution in [0.3, 0.4) is 0 Å². The first-order valence-electron chi connectivity index (χ1n) is 6.45. The van der Waals surface area contributed by atoms with Crippen LogP contribution in [0.2, 0.25) is 0 Å². The molecule has 1 heterocycles. The fourth-order valence-electron chi connectivity index (χ4n) is 2.16. The van der Waals surface area contributed by atoms with E-state index in [2.05, 4.69) is 55.5 Å². The highest BCUT2D eigenvalue weighted by Gasteiger charge is 2.05. The molecule has 1 aromatic heterocycles. The van der Waals surface area contributed by atoms with Crippen LogP contribution >= 0.6 is 0 Å². The maximum atomic E-state index is 4.51. The normalized spacial score (nSPS) is 10.9. The summed E-state index contributed by atoms with van der Waals surface area (Å²) in [5.41, 5.74) is 6.02. The number of nitrogens with one attached hydrogen (secondary N) is 1. The first-order valence-corrected chi connectivity index (χ1v) is 6.45. The third-order valence-electron chi connectivity index (χ3n) is 3.15. The average Bonchev–Trinajstić information content (AvgIpc) is 2.67. The predicted octanol–water partition coefficient (Wildman–Crippen LogP) is 2.91. The number of hydrogen-bond acceptors (Lipinski definition) is 2. The molecule has 2 aromatic rings. The summed E-state index contributed by atoms with van der Waals surface area (Å²) in [6.45, 7) is 10.3. The molecule has 0 aliphatic rings. The minimum atomic E-state index is 0.930. The highest BCUT2D eigenvalue weighted by molar-refractivity contribution is 5.40. The molecule has 18 heavy (non-hydrogen) atoms. The molecule has 0 aliphatic heterocycles. The van der Waals surface area contributed by atoms with Crippen molar-refractivity contribution in [3.63, 3.8) is 0 Å². The summed E-state index contributed by atoms with van der Waals surface area (Å²) >= 11 is 0. The van der Waals surface area contributed by atoms with Crippen molar-refractivity contribution < 1.29 is 0 Å². The molecule has 0 unspecified atom stereocenters. The quantitative estimate of drug-likeness (QED) is 0.895. The standard InChI is InChI=1S/C15H21N3/c1-5-16-10-14-6-7-15(8-11(14)2)18-13(4)9-12(3)17-18/h6-9,16H,5,10H2,1-4H3. The molecule has 0 aliphatic carbocycles. The highest BCUT2D eigenvalue weighted by Crippen LogP contribution is 2.16. The molecule has 0 atom stereocenters. The third-order valence-corrected chi connectivity index (χ3v) is 3.15. The third kappa shape index (κ3) is 2.62. The van der Waals surface area contributed by atoms with Crippen LogP contribution in [0.25, 0.3) is 5.69 Å². The Morgan fingerprint density at radius 1 is 1.17 bits per heavy atom. The minimum absolute atomic E-state index is 0.930. The first kappa shape index (κ1) is 12.8. The maximum absolute atomic E-state index is 4.51. The molecule has 0 fully saturated rings. The van der Waals surface area contributed by atoms with Gasteiger partial charge in [0.15, 0.2) is 0 Å². The SMILES string of the molecule is CCNCc1ccc(-n2nc(C)cc2C)cc1C. The zero-order chi connectivity index (χ0) is 13.1. The van der Waals surface area contributed by atoms with Crippen molar-refractivity contribution in [2.75, 3.05) is 6.54 Å². The largest absolute Gasteiger partial charge is 0.313 e.